The van der Waals surface area contributed by atoms with Crippen LogP contribution in [0.5, 0.6) is 0 Å². The van der Waals surface area contributed by atoms with Gasteiger partial charge in [0.1, 0.15) is 0 Å². The molecule has 0 saturated heterocycles. The van der Waals surface area contributed by atoms with E-state index in [9.17, 15) is 10.2 Å². The fourth-order valence-corrected chi connectivity index (χ4v) is 2.70. The summed E-state index contributed by atoms with van der Waals surface area (Å²) in [5, 5.41) is 29.2. The third-order valence-corrected chi connectivity index (χ3v) is 3.74. The molecule has 3 N–H and O–H groups in total. The number of aromatic nitrogens is 1. The van der Waals surface area contributed by atoms with E-state index in [1.54, 1.807) is 0 Å². The van der Waals surface area contributed by atoms with Crippen LogP contribution in [0.3, 0.4) is 0 Å². The number of benzene rings is 1. The Labute approximate surface area is 120 Å². The van der Waals surface area contributed by atoms with Crippen LogP contribution in [0, 0.1) is 0 Å². The van der Waals surface area contributed by atoms with E-state index in [0.717, 1.165) is 20.9 Å². The van der Waals surface area contributed by atoms with Crippen molar-refractivity contribution in [3.8, 4) is 0 Å². The quantitative estimate of drug-likeness (QED) is 0.781. The van der Waals surface area contributed by atoms with Gasteiger partial charge in [-0.3, -0.25) is 0 Å². The van der Waals surface area contributed by atoms with E-state index in [2.05, 4.69) is 15.9 Å². The number of aliphatic hydroxyl groups is 3. The van der Waals surface area contributed by atoms with Crippen LogP contribution >= 0.6 is 15.9 Å². The molecule has 0 bridgehead atoms. The molecule has 0 spiro atoms. The second-order valence-electron chi connectivity index (χ2n) is 4.86. The lowest BCUT2D eigenvalue weighted by Crippen LogP contribution is -2.22. The largest absolute Gasteiger partial charge is 0.394 e. The second-order valence-corrected chi connectivity index (χ2v) is 5.77. The number of aliphatic hydroxyl groups excluding tert-OH is 3. The smallest absolute Gasteiger partial charge is 0.0795 e. The molecule has 0 aliphatic carbocycles. The summed E-state index contributed by atoms with van der Waals surface area (Å²) in [6.45, 7) is -0.321. The van der Waals surface area contributed by atoms with Gasteiger partial charge in [-0.15, -0.1) is 0 Å². The Bertz CT molecular complexity index is 567. The van der Waals surface area contributed by atoms with E-state index in [1.165, 1.54) is 0 Å². The molecule has 0 fully saturated rings. The summed E-state index contributed by atoms with van der Waals surface area (Å²) in [5.41, 5.74) is 2.14. The molecule has 2 atom stereocenters. The number of hydrogen-bond donors (Lipinski definition) is 3. The Balaban J connectivity index is 2.23. The van der Waals surface area contributed by atoms with Crippen molar-refractivity contribution in [3.05, 3.63) is 34.4 Å². The van der Waals surface area contributed by atoms with E-state index >= 15 is 0 Å². The summed E-state index contributed by atoms with van der Waals surface area (Å²) >= 11 is 3.45. The Kier molecular flexibility index (Phi) is 4.62. The normalized spacial score (nSPS) is 14.8. The van der Waals surface area contributed by atoms with E-state index in [0.29, 0.717) is 6.42 Å². The highest BCUT2D eigenvalue weighted by Crippen LogP contribution is 2.26. The molecule has 19 heavy (non-hydrogen) atoms. The van der Waals surface area contributed by atoms with Crippen molar-refractivity contribution in [2.75, 3.05) is 6.61 Å². The molecule has 4 nitrogen and oxygen atoms in total. The summed E-state index contributed by atoms with van der Waals surface area (Å²) in [6.07, 6.45) is 1.11. The van der Waals surface area contributed by atoms with E-state index < -0.39 is 12.2 Å². The van der Waals surface area contributed by atoms with Crippen LogP contribution in [0.1, 0.15) is 12.0 Å². The second kappa shape index (κ2) is 6.05. The molecule has 0 aliphatic rings. The first-order valence-electron chi connectivity index (χ1n) is 6.21. The van der Waals surface area contributed by atoms with Gasteiger partial charge < -0.3 is 19.9 Å². The minimum atomic E-state index is -0.864. The molecule has 2 rings (SSSR count). The average Bonchev–Trinajstić information content (AvgIpc) is 2.65. The van der Waals surface area contributed by atoms with Crippen LogP contribution in [0.4, 0.5) is 0 Å². The van der Waals surface area contributed by atoms with Crippen LogP contribution in [0.2, 0.25) is 0 Å². The zero-order valence-corrected chi connectivity index (χ0v) is 12.3. The van der Waals surface area contributed by atoms with Crippen molar-refractivity contribution >= 4 is 26.8 Å². The summed E-state index contributed by atoms with van der Waals surface area (Å²) in [4.78, 5) is 0. The van der Waals surface area contributed by atoms with Crippen LogP contribution in [-0.2, 0) is 13.5 Å². The zero-order chi connectivity index (χ0) is 14.0. The van der Waals surface area contributed by atoms with Gasteiger partial charge >= 0.3 is 0 Å². The topological polar surface area (TPSA) is 65.6 Å². The lowest BCUT2D eigenvalue weighted by molar-refractivity contribution is 0.0420. The molecule has 5 heteroatoms. The van der Waals surface area contributed by atoms with Crippen LogP contribution in [0.15, 0.2) is 28.9 Å². The summed E-state index contributed by atoms with van der Waals surface area (Å²) in [7, 11) is 1.97. The predicted octanol–water partition coefficient (Wildman–Crippen LogP) is 1.59. The first-order chi connectivity index (χ1) is 9.01. The van der Waals surface area contributed by atoms with E-state index in [4.69, 9.17) is 5.11 Å². The minimum Gasteiger partial charge on any atom is -0.394 e. The molecule has 0 radical (unpaired) electrons. The van der Waals surface area contributed by atoms with Crippen LogP contribution < -0.4 is 0 Å². The average molecular weight is 328 g/mol. The van der Waals surface area contributed by atoms with Crippen LogP contribution in [0.25, 0.3) is 10.9 Å². The third kappa shape index (κ3) is 3.36. The van der Waals surface area contributed by atoms with Crippen molar-refractivity contribution in [2.45, 2.75) is 25.0 Å². The Morgan fingerprint density at radius 3 is 2.68 bits per heavy atom. The summed E-state index contributed by atoms with van der Waals surface area (Å²) in [6, 6.07) is 6.04. The fraction of sp³-hybridized carbons (Fsp3) is 0.429. The molecule has 0 amide bonds. The van der Waals surface area contributed by atoms with Crippen molar-refractivity contribution in [1.29, 1.82) is 0 Å². The molecule has 0 aliphatic heterocycles. The molecule has 104 valence electrons. The molecule has 2 unspecified atom stereocenters. The Morgan fingerprint density at radius 1 is 1.26 bits per heavy atom. The van der Waals surface area contributed by atoms with Gasteiger partial charge in [0.05, 0.1) is 18.8 Å². The first kappa shape index (κ1) is 14.5. The number of aryl methyl sites for hydroxylation is 1. The van der Waals surface area contributed by atoms with Crippen molar-refractivity contribution in [2.24, 2.45) is 7.05 Å². The number of rotatable bonds is 5. The fourth-order valence-electron chi connectivity index (χ4n) is 2.33. The summed E-state index contributed by atoms with van der Waals surface area (Å²) in [5.74, 6) is 0. The van der Waals surface area contributed by atoms with E-state index in [-0.39, 0.29) is 13.0 Å². The Hall–Kier alpha value is -0.880. The van der Waals surface area contributed by atoms with Gasteiger partial charge in [-0.1, -0.05) is 15.9 Å². The molecule has 1 aromatic carbocycles. The number of hydrogen-bond acceptors (Lipinski definition) is 3. The molecule has 0 saturated carbocycles. The van der Waals surface area contributed by atoms with Gasteiger partial charge in [-0.2, -0.15) is 0 Å². The van der Waals surface area contributed by atoms with Crippen molar-refractivity contribution < 1.29 is 15.3 Å². The molecule has 1 heterocycles. The van der Waals surface area contributed by atoms with Gasteiger partial charge in [0.2, 0.25) is 0 Å². The molecule has 2 aromatic rings. The van der Waals surface area contributed by atoms with Crippen molar-refractivity contribution in [1.82, 2.24) is 4.57 Å². The van der Waals surface area contributed by atoms with Gasteiger partial charge in [-0.05, 0) is 23.8 Å². The number of fused-ring (bicyclic) bond motifs is 1. The van der Waals surface area contributed by atoms with Crippen molar-refractivity contribution in [3.63, 3.8) is 0 Å². The monoisotopic (exact) mass is 327 g/mol. The minimum absolute atomic E-state index is 0.181. The molecular weight excluding hydrogens is 310 g/mol. The van der Waals surface area contributed by atoms with Gasteiger partial charge in [-0.25, -0.2) is 0 Å². The highest BCUT2D eigenvalue weighted by atomic mass is 79.9. The highest BCUT2D eigenvalue weighted by molar-refractivity contribution is 9.10. The SMILES string of the molecule is Cn1cc(CC(O)CC(O)CO)c2cc(Br)ccc21. The zero-order valence-electron chi connectivity index (χ0n) is 10.8. The predicted molar refractivity (Wildman–Crippen MR) is 78.0 cm³/mol. The lowest BCUT2D eigenvalue weighted by Gasteiger charge is -2.13. The van der Waals surface area contributed by atoms with E-state index in [1.807, 2.05) is 36.0 Å². The highest BCUT2D eigenvalue weighted by Gasteiger charge is 2.15. The molecular formula is C14H18BrNO3. The maximum absolute atomic E-state index is 9.95. The van der Waals surface area contributed by atoms with Gasteiger partial charge in [0.15, 0.2) is 0 Å². The third-order valence-electron chi connectivity index (χ3n) is 3.24. The van der Waals surface area contributed by atoms with Gasteiger partial charge in [0, 0.05) is 41.5 Å². The number of nitrogens with zero attached hydrogens (tertiary/aromatic N) is 1. The van der Waals surface area contributed by atoms with Crippen LogP contribution in [-0.4, -0.2) is 38.7 Å². The Morgan fingerprint density at radius 2 is 2.00 bits per heavy atom. The number of halogens is 1. The standard InChI is InChI=1S/C14H18BrNO3/c1-16-7-9(4-11(18)6-12(19)8-17)13-5-10(15)2-3-14(13)16/h2-3,5,7,11-12,17-19H,4,6,8H2,1H3. The maximum Gasteiger partial charge on any atom is 0.0795 e. The molecule has 1 aromatic heterocycles. The maximum atomic E-state index is 9.95. The lowest BCUT2D eigenvalue weighted by atomic mass is 10.0. The first-order valence-corrected chi connectivity index (χ1v) is 7.01. The van der Waals surface area contributed by atoms with Gasteiger partial charge in [0.25, 0.3) is 0 Å². The summed E-state index contributed by atoms with van der Waals surface area (Å²) < 4.78 is 3.02.